The molecule has 0 spiro atoms. The molecule has 0 saturated heterocycles. The first-order chi connectivity index (χ1) is 9.28. The van der Waals surface area contributed by atoms with Gasteiger partial charge in [0.2, 0.25) is 0 Å². The molecule has 0 saturated carbocycles. The van der Waals surface area contributed by atoms with E-state index in [0.29, 0.717) is 0 Å². The zero-order chi connectivity index (χ0) is 13.2. The Bertz CT molecular complexity index is 710. The molecule has 2 nitrogen and oxygen atoms in total. The minimum atomic E-state index is 0.899. The van der Waals surface area contributed by atoms with Gasteiger partial charge in [-0.1, -0.05) is 36.4 Å². The quantitative estimate of drug-likeness (QED) is 0.725. The Balaban J connectivity index is 2.06. The third-order valence-electron chi connectivity index (χ3n) is 3.55. The number of H-pyrrole nitrogens is 1. The lowest BCUT2D eigenvalue weighted by atomic mass is 10.1. The fourth-order valence-electron chi connectivity index (χ4n) is 2.49. The van der Waals surface area contributed by atoms with Crippen LogP contribution < -0.4 is 5.32 Å². The molecule has 0 unspecified atom stereocenters. The maximum Gasteiger partial charge on any atom is 0.0459 e. The van der Waals surface area contributed by atoms with Crippen LogP contribution in [0.15, 0.2) is 48.5 Å². The lowest BCUT2D eigenvalue weighted by molar-refractivity contribution is 0.812. The SMILES string of the molecule is CNCc1cc(-c2ccc3ccccc3c2)[nH]c1C. The highest BCUT2D eigenvalue weighted by Crippen LogP contribution is 2.25. The van der Waals surface area contributed by atoms with Gasteiger partial charge in [-0.15, -0.1) is 0 Å². The Morgan fingerprint density at radius 2 is 1.79 bits per heavy atom. The van der Waals surface area contributed by atoms with Crippen LogP contribution in [-0.2, 0) is 6.54 Å². The summed E-state index contributed by atoms with van der Waals surface area (Å²) in [5, 5.41) is 5.76. The summed E-state index contributed by atoms with van der Waals surface area (Å²) in [6, 6.07) is 17.3. The minimum absolute atomic E-state index is 0.899. The molecule has 19 heavy (non-hydrogen) atoms. The standard InChI is InChI=1S/C17H18N2/c1-12-16(11-18-2)10-17(19-12)15-8-7-13-5-3-4-6-14(13)9-15/h3-10,18-19H,11H2,1-2H3. The molecule has 0 aliphatic carbocycles. The van der Waals surface area contributed by atoms with Crippen molar-refractivity contribution in [1.29, 1.82) is 0 Å². The van der Waals surface area contributed by atoms with Crippen molar-refractivity contribution in [3.8, 4) is 11.3 Å². The Labute approximate surface area is 113 Å². The van der Waals surface area contributed by atoms with E-state index in [0.717, 1.165) is 6.54 Å². The van der Waals surface area contributed by atoms with Gasteiger partial charge in [-0.25, -0.2) is 0 Å². The topological polar surface area (TPSA) is 27.8 Å². The number of rotatable bonds is 3. The second-order valence-electron chi connectivity index (χ2n) is 4.93. The van der Waals surface area contributed by atoms with E-state index in [9.17, 15) is 0 Å². The lowest BCUT2D eigenvalue weighted by Crippen LogP contribution is -2.04. The first-order valence-electron chi connectivity index (χ1n) is 6.60. The minimum Gasteiger partial charge on any atom is -0.358 e. The van der Waals surface area contributed by atoms with Crippen LogP contribution >= 0.6 is 0 Å². The summed E-state index contributed by atoms with van der Waals surface area (Å²) in [7, 11) is 1.97. The smallest absolute Gasteiger partial charge is 0.0459 e. The van der Waals surface area contributed by atoms with Crippen molar-refractivity contribution in [2.75, 3.05) is 7.05 Å². The van der Waals surface area contributed by atoms with E-state index in [1.807, 2.05) is 7.05 Å². The van der Waals surface area contributed by atoms with Gasteiger partial charge in [-0.3, -0.25) is 0 Å². The maximum atomic E-state index is 3.47. The van der Waals surface area contributed by atoms with Crippen LogP contribution in [-0.4, -0.2) is 12.0 Å². The molecular weight excluding hydrogens is 232 g/mol. The van der Waals surface area contributed by atoms with Gasteiger partial charge in [-0.2, -0.15) is 0 Å². The van der Waals surface area contributed by atoms with Crippen LogP contribution in [0.5, 0.6) is 0 Å². The molecule has 96 valence electrons. The predicted molar refractivity (Wildman–Crippen MR) is 81.2 cm³/mol. The predicted octanol–water partition coefficient (Wildman–Crippen LogP) is 3.86. The van der Waals surface area contributed by atoms with Gasteiger partial charge < -0.3 is 10.3 Å². The van der Waals surface area contributed by atoms with Crippen LogP contribution in [0.2, 0.25) is 0 Å². The molecule has 0 aliphatic rings. The van der Waals surface area contributed by atoms with Gasteiger partial charge in [0, 0.05) is 17.9 Å². The van der Waals surface area contributed by atoms with E-state index in [2.05, 4.69) is 65.8 Å². The van der Waals surface area contributed by atoms with E-state index in [-0.39, 0.29) is 0 Å². The number of aryl methyl sites for hydroxylation is 1. The van der Waals surface area contributed by atoms with E-state index < -0.39 is 0 Å². The van der Waals surface area contributed by atoms with Gasteiger partial charge >= 0.3 is 0 Å². The molecule has 1 heterocycles. The average molecular weight is 250 g/mol. The van der Waals surface area contributed by atoms with E-state index in [4.69, 9.17) is 0 Å². The van der Waals surface area contributed by atoms with Crippen LogP contribution in [0.25, 0.3) is 22.0 Å². The first-order valence-corrected chi connectivity index (χ1v) is 6.60. The molecule has 0 atom stereocenters. The van der Waals surface area contributed by atoms with Crippen molar-refractivity contribution in [1.82, 2.24) is 10.3 Å². The Morgan fingerprint density at radius 3 is 2.58 bits per heavy atom. The molecule has 3 aromatic rings. The first kappa shape index (κ1) is 12.0. The summed E-state index contributed by atoms with van der Waals surface area (Å²) in [5.74, 6) is 0. The monoisotopic (exact) mass is 250 g/mol. The normalized spacial score (nSPS) is 11.1. The van der Waals surface area contributed by atoms with Crippen molar-refractivity contribution in [2.24, 2.45) is 0 Å². The van der Waals surface area contributed by atoms with Crippen molar-refractivity contribution < 1.29 is 0 Å². The lowest BCUT2D eigenvalue weighted by Gasteiger charge is -2.01. The van der Waals surface area contributed by atoms with Crippen molar-refractivity contribution >= 4 is 10.8 Å². The van der Waals surface area contributed by atoms with Crippen molar-refractivity contribution in [3.63, 3.8) is 0 Å². The van der Waals surface area contributed by atoms with Crippen LogP contribution in [0.1, 0.15) is 11.3 Å². The zero-order valence-electron chi connectivity index (χ0n) is 11.3. The van der Waals surface area contributed by atoms with Crippen LogP contribution in [0.4, 0.5) is 0 Å². The summed E-state index contributed by atoms with van der Waals surface area (Å²) < 4.78 is 0. The average Bonchev–Trinajstić information content (AvgIpc) is 2.80. The van der Waals surface area contributed by atoms with Gasteiger partial charge in [0.05, 0.1) is 0 Å². The highest BCUT2D eigenvalue weighted by Gasteiger charge is 2.06. The molecule has 1 aromatic heterocycles. The molecule has 0 amide bonds. The largest absolute Gasteiger partial charge is 0.358 e. The maximum absolute atomic E-state index is 3.47. The Kier molecular flexibility index (Phi) is 3.10. The van der Waals surface area contributed by atoms with E-state index >= 15 is 0 Å². The molecular formula is C17H18N2. The highest BCUT2D eigenvalue weighted by molar-refractivity contribution is 5.86. The second-order valence-corrected chi connectivity index (χ2v) is 4.93. The molecule has 0 fully saturated rings. The summed E-state index contributed by atoms with van der Waals surface area (Å²) in [6.45, 7) is 3.02. The van der Waals surface area contributed by atoms with Gasteiger partial charge in [0.15, 0.2) is 0 Å². The highest BCUT2D eigenvalue weighted by atomic mass is 14.8. The number of hydrogen-bond acceptors (Lipinski definition) is 1. The van der Waals surface area contributed by atoms with Crippen LogP contribution in [0.3, 0.4) is 0 Å². The number of hydrogen-bond donors (Lipinski definition) is 2. The zero-order valence-corrected chi connectivity index (χ0v) is 11.3. The fourth-order valence-corrected chi connectivity index (χ4v) is 2.49. The van der Waals surface area contributed by atoms with E-state index in [1.54, 1.807) is 0 Å². The van der Waals surface area contributed by atoms with Crippen LogP contribution in [0, 0.1) is 6.92 Å². The second kappa shape index (κ2) is 4.90. The molecule has 0 bridgehead atoms. The Hall–Kier alpha value is -2.06. The summed E-state index contributed by atoms with van der Waals surface area (Å²) in [4.78, 5) is 3.47. The number of benzene rings is 2. The van der Waals surface area contributed by atoms with E-state index in [1.165, 1.54) is 33.3 Å². The molecule has 3 rings (SSSR count). The van der Waals surface area contributed by atoms with Gasteiger partial charge in [0.25, 0.3) is 0 Å². The molecule has 0 radical (unpaired) electrons. The number of nitrogens with one attached hydrogen (secondary N) is 2. The van der Waals surface area contributed by atoms with Crippen molar-refractivity contribution in [2.45, 2.75) is 13.5 Å². The summed E-state index contributed by atoms with van der Waals surface area (Å²) in [5.41, 5.74) is 4.99. The Morgan fingerprint density at radius 1 is 1.00 bits per heavy atom. The molecule has 2 aromatic carbocycles. The summed E-state index contributed by atoms with van der Waals surface area (Å²) in [6.07, 6.45) is 0. The number of aromatic amines is 1. The third-order valence-corrected chi connectivity index (χ3v) is 3.55. The number of fused-ring (bicyclic) bond motifs is 1. The molecule has 2 heteroatoms. The number of aromatic nitrogens is 1. The fraction of sp³-hybridized carbons (Fsp3) is 0.176. The molecule has 2 N–H and O–H groups in total. The van der Waals surface area contributed by atoms with Gasteiger partial charge in [-0.05, 0) is 48.0 Å². The van der Waals surface area contributed by atoms with Crippen molar-refractivity contribution in [3.05, 3.63) is 59.8 Å². The van der Waals surface area contributed by atoms with Gasteiger partial charge in [0.1, 0.15) is 0 Å². The molecule has 0 aliphatic heterocycles. The third kappa shape index (κ3) is 2.27. The summed E-state index contributed by atoms with van der Waals surface area (Å²) >= 11 is 0.